The van der Waals surface area contributed by atoms with E-state index in [1.54, 1.807) is 11.1 Å². The minimum Gasteiger partial charge on any atom is -0.338 e. The van der Waals surface area contributed by atoms with Gasteiger partial charge in [0.15, 0.2) is 5.13 Å². The molecule has 1 aliphatic heterocycles. The number of thiazole rings is 1. The number of rotatable bonds is 3. The zero-order valence-electron chi connectivity index (χ0n) is 14.2. The largest absolute Gasteiger partial charge is 0.338 e. The molecule has 1 N–H and O–H groups in total. The van der Waals surface area contributed by atoms with Crippen LogP contribution in [0.5, 0.6) is 0 Å². The first-order chi connectivity index (χ1) is 12.7. The second-order valence-corrected chi connectivity index (χ2v) is 7.34. The fourth-order valence-corrected chi connectivity index (χ4v) is 3.98. The Balaban J connectivity index is 1.52. The van der Waals surface area contributed by atoms with Crippen LogP contribution in [0.25, 0.3) is 10.8 Å². The van der Waals surface area contributed by atoms with E-state index in [4.69, 9.17) is 0 Å². The average molecular weight is 365 g/mol. The van der Waals surface area contributed by atoms with E-state index in [-0.39, 0.29) is 17.7 Å². The highest BCUT2D eigenvalue weighted by atomic mass is 32.1. The van der Waals surface area contributed by atoms with E-state index in [1.165, 1.54) is 11.3 Å². The van der Waals surface area contributed by atoms with E-state index in [9.17, 15) is 9.59 Å². The number of hydrogen-bond donors (Lipinski definition) is 1. The SMILES string of the molecule is O=C(Nc1nccs1)[C@H]1CCCN(C(=O)c2cccc3ccccc23)C1. The summed E-state index contributed by atoms with van der Waals surface area (Å²) in [7, 11) is 0. The third-order valence-electron chi connectivity index (χ3n) is 4.76. The molecule has 1 saturated heterocycles. The van der Waals surface area contributed by atoms with Crippen LogP contribution in [-0.4, -0.2) is 34.8 Å². The van der Waals surface area contributed by atoms with Gasteiger partial charge in [-0.1, -0.05) is 36.4 Å². The van der Waals surface area contributed by atoms with Gasteiger partial charge in [-0.2, -0.15) is 0 Å². The zero-order valence-corrected chi connectivity index (χ0v) is 15.0. The molecule has 4 rings (SSSR count). The number of nitrogens with zero attached hydrogens (tertiary/aromatic N) is 2. The minimum atomic E-state index is -0.202. The fourth-order valence-electron chi connectivity index (χ4n) is 3.45. The molecule has 0 radical (unpaired) electrons. The number of piperidine rings is 1. The van der Waals surface area contributed by atoms with Gasteiger partial charge in [-0.25, -0.2) is 4.98 Å². The van der Waals surface area contributed by atoms with E-state index >= 15 is 0 Å². The molecule has 1 fully saturated rings. The highest BCUT2D eigenvalue weighted by Gasteiger charge is 2.29. The highest BCUT2D eigenvalue weighted by molar-refractivity contribution is 7.13. The topological polar surface area (TPSA) is 62.3 Å². The third kappa shape index (κ3) is 3.32. The summed E-state index contributed by atoms with van der Waals surface area (Å²) in [6, 6.07) is 13.7. The molecule has 26 heavy (non-hydrogen) atoms. The lowest BCUT2D eigenvalue weighted by atomic mass is 9.95. The summed E-state index contributed by atoms with van der Waals surface area (Å²) in [4.78, 5) is 31.5. The summed E-state index contributed by atoms with van der Waals surface area (Å²) in [6.45, 7) is 1.13. The van der Waals surface area contributed by atoms with Gasteiger partial charge in [0.25, 0.3) is 5.91 Å². The van der Waals surface area contributed by atoms with E-state index in [2.05, 4.69) is 10.3 Å². The van der Waals surface area contributed by atoms with Gasteiger partial charge in [-0.3, -0.25) is 9.59 Å². The first-order valence-electron chi connectivity index (χ1n) is 8.70. The lowest BCUT2D eigenvalue weighted by Crippen LogP contribution is -2.43. The maximum Gasteiger partial charge on any atom is 0.254 e. The van der Waals surface area contributed by atoms with Crippen molar-refractivity contribution in [2.45, 2.75) is 12.8 Å². The van der Waals surface area contributed by atoms with Crippen molar-refractivity contribution >= 4 is 39.1 Å². The number of fused-ring (bicyclic) bond motifs is 1. The van der Waals surface area contributed by atoms with Crippen molar-refractivity contribution in [3.63, 3.8) is 0 Å². The summed E-state index contributed by atoms with van der Waals surface area (Å²) in [5.41, 5.74) is 0.698. The van der Waals surface area contributed by atoms with E-state index < -0.39 is 0 Å². The van der Waals surface area contributed by atoms with E-state index in [1.807, 2.05) is 47.8 Å². The van der Waals surface area contributed by atoms with Crippen molar-refractivity contribution in [1.29, 1.82) is 0 Å². The first-order valence-corrected chi connectivity index (χ1v) is 9.58. The number of amides is 2. The quantitative estimate of drug-likeness (QED) is 0.768. The van der Waals surface area contributed by atoms with Crippen LogP contribution in [0, 0.1) is 5.92 Å². The molecule has 0 saturated carbocycles. The van der Waals surface area contributed by atoms with Crippen LogP contribution in [0.4, 0.5) is 5.13 Å². The molecule has 3 aromatic rings. The second kappa shape index (κ2) is 7.25. The summed E-state index contributed by atoms with van der Waals surface area (Å²) >= 11 is 1.40. The minimum absolute atomic E-state index is 0.00597. The zero-order chi connectivity index (χ0) is 17.9. The molecule has 0 aliphatic carbocycles. The van der Waals surface area contributed by atoms with Crippen molar-refractivity contribution in [2.24, 2.45) is 5.92 Å². The van der Waals surface area contributed by atoms with Crippen LogP contribution in [0.15, 0.2) is 54.0 Å². The number of nitrogens with one attached hydrogen (secondary N) is 1. The van der Waals surface area contributed by atoms with Gasteiger partial charge in [0.1, 0.15) is 0 Å². The second-order valence-electron chi connectivity index (χ2n) is 6.44. The first kappa shape index (κ1) is 16.7. The maximum absolute atomic E-state index is 13.1. The highest BCUT2D eigenvalue weighted by Crippen LogP contribution is 2.24. The lowest BCUT2D eigenvalue weighted by Gasteiger charge is -2.32. The van der Waals surface area contributed by atoms with Crippen molar-refractivity contribution in [1.82, 2.24) is 9.88 Å². The Morgan fingerprint density at radius 3 is 2.85 bits per heavy atom. The van der Waals surface area contributed by atoms with Crippen LogP contribution in [0.3, 0.4) is 0 Å². The number of likely N-dealkylation sites (tertiary alicyclic amines) is 1. The van der Waals surface area contributed by atoms with E-state index in [0.29, 0.717) is 23.8 Å². The van der Waals surface area contributed by atoms with Crippen molar-refractivity contribution in [3.8, 4) is 0 Å². The summed E-state index contributed by atoms with van der Waals surface area (Å²) in [5.74, 6) is -0.268. The Morgan fingerprint density at radius 2 is 2.00 bits per heavy atom. The van der Waals surface area contributed by atoms with Gasteiger partial charge < -0.3 is 10.2 Å². The van der Waals surface area contributed by atoms with Crippen LogP contribution in [0.1, 0.15) is 23.2 Å². The normalized spacial score (nSPS) is 17.2. The number of anilines is 1. The molecule has 0 spiro atoms. The summed E-state index contributed by atoms with van der Waals surface area (Å²) in [5, 5.41) is 7.28. The average Bonchev–Trinajstić information content (AvgIpc) is 3.20. The molecular formula is C20H19N3O2S. The van der Waals surface area contributed by atoms with Crippen molar-refractivity contribution in [2.75, 3.05) is 18.4 Å². The molecule has 132 valence electrons. The van der Waals surface area contributed by atoms with Crippen LogP contribution in [0.2, 0.25) is 0 Å². The number of benzene rings is 2. The van der Waals surface area contributed by atoms with Gasteiger partial charge in [0, 0.05) is 30.2 Å². The third-order valence-corrected chi connectivity index (χ3v) is 5.45. The number of hydrogen-bond acceptors (Lipinski definition) is 4. The summed E-state index contributed by atoms with van der Waals surface area (Å²) in [6.07, 6.45) is 3.28. The van der Waals surface area contributed by atoms with Gasteiger partial charge in [0.2, 0.25) is 5.91 Å². The Kier molecular flexibility index (Phi) is 4.67. The Labute approximate surface area is 155 Å². The molecule has 5 nitrogen and oxygen atoms in total. The van der Waals surface area contributed by atoms with Gasteiger partial charge >= 0.3 is 0 Å². The number of aromatic nitrogens is 1. The van der Waals surface area contributed by atoms with Crippen molar-refractivity contribution < 1.29 is 9.59 Å². The molecule has 1 aromatic heterocycles. The molecule has 1 atom stereocenters. The molecule has 2 amide bonds. The Bertz CT molecular complexity index is 934. The Hall–Kier alpha value is -2.73. The standard InChI is InChI=1S/C20H19N3O2S/c24-18(22-20-21-10-12-26-20)15-7-4-11-23(13-15)19(25)17-9-3-6-14-5-1-2-8-16(14)17/h1-3,5-6,8-10,12,15H,4,7,11,13H2,(H,21,22,24)/t15-/m0/s1. The fraction of sp³-hybridized carbons (Fsp3) is 0.250. The molecule has 6 heteroatoms. The van der Waals surface area contributed by atoms with Crippen LogP contribution >= 0.6 is 11.3 Å². The molecule has 1 aliphatic rings. The molecule has 0 unspecified atom stereocenters. The number of carbonyl (C=O) groups excluding carboxylic acids is 2. The predicted molar refractivity (Wildman–Crippen MR) is 103 cm³/mol. The van der Waals surface area contributed by atoms with Crippen molar-refractivity contribution in [3.05, 3.63) is 59.6 Å². The van der Waals surface area contributed by atoms with Gasteiger partial charge in [-0.05, 0) is 29.7 Å². The Morgan fingerprint density at radius 1 is 1.15 bits per heavy atom. The molecule has 2 aromatic carbocycles. The number of carbonyl (C=O) groups is 2. The predicted octanol–water partition coefficient (Wildman–Crippen LogP) is 3.79. The molecular weight excluding hydrogens is 346 g/mol. The van der Waals surface area contributed by atoms with Gasteiger partial charge in [0.05, 0.1) is 5.92 Å². The smallest absolute Gasteiger partial charge is 0.254 e. The molecule has 2 heterocycles. The van der Waals surface area contributed by atoms with Crippen LogP contribution < -0.4 is 5.32 Å². The lowest BCUT2D eigenvalue weighted by molar-refractivity contribution is -0.121. The molecule has 0 bridgehead atoms. The summed E-state index contributed by atoms with van der Waals surface area (Å²) < 4.78 is 0. The van der Waals surface area contributed by atoms with Crippen LogP contribution in [-0.2, 0) is 4.79 Å². The van der Waals surface area contributed by atoms with Gasteiger partial charge in [-0.15, -0.1) is 11.3 Å². The van der Waals surface area contributed by atoms with E-state index in [0.717, 1.165) is 23.6 Å². The monoisotopic (exact) mass is 365 g/mol. The maximum atomic E-state index is 13.1.